The molecule has 1 aromatic rings. The van der Waals surface area contributed by atoms with E-state index in [0.29, 0.717) is 5.92 Å². The third-order valence-corrected chi connectivity index (χ3v) is 1.10. The van der Waals surface area contributed by atoms with Crippen LogP contribution >= 0.6 is 0 Å². The average molecular weight is 123 g/mol. The molecule has 0 aromatic carbocycles. The summed E-state index contributed by atoms with van der Waals surface area (Å²) >= 11 is 0. The maximum absolute atomic E-state index is 3.98. The summed E-state index contributed by atoms with van der Waals surface area (Å²) in [7, 11) is 0. The Balaban J connectivity index is 2.48. The maximum atomic E-state index is 3.98. The van der Waals surface area contributed by atoms with Crippen molar-refractivity contribution in [2.45, 2.75) is 20.3 Å². The standard InChI is InChI=1S/C7H11N2/c1-6(2)5-7-3-4-8-9-7/h4,6H,5H2,1-2H3,(H,8,9). The Kier molecular flexibility index (Phi) is 1.88. The molecule has 2 heteroatoms. The summed E-state index contributed by atoms with van der Waals surface area (Å²) in [6.07, 6.45) is 2.75. The fourth-order valence-corrected chi connectivity index (χ4v) is 0.749. The van der Waals surface area contributed by atoms with Crippen molar-refractivity contribution in [2.75, 3.05) is 0 Å². The molecule has 1 heterocycles. The molecule has 1 rings (SSSR count). The largest absolute Gasteiger partial charge is 0.285 e. The lowest BCUT2D eigenvalue weighted by atomic mass is 10.1. The van der Waals surface area contributed by atoms with Gasteiger partial charge in [0, 0.05) is 12.3 Å². The van der Waals surface area contributed by atoms with E-state index in [0.717, 1.165) is 12.1 Å². The lowest BCUT2D eigenvalue weighted by molar-refractivity contribution is 0.633. The predicted octanol–water partition coefficient (Wildman–Crippen LogP) is 1.41. The van der Waals surface area contributed by atoms with Crippen LogP contribution in [0.2, 0.25) is 0 Å². The van der Waals surface area contributed by atoms with Gasteiger partial charge in [0.2, 0.25) is 0 Å². The number of aromatic amines is 1. The van der Waals surface area contributed by atoms with Crippen LogP contribution in [0.25, 0.3) is 0 Å². The summed E-state index contributed by atoms with van der Waals surface area (Å²) in [5.74, 6) is 0.671. The average Bonchev–Trinajstić information content (AvgIpc) is 2.15. The summed E-state index contributed by atoms with van der Waals surface area (Å²) in [6.45, 7) is 4.34. The van der Waals surface area contributed by atoms with Crippen molar-refractivity contribution in [3.05, 3.63) is 18.0 Å². The van der Waals surface area contributed by atoms with Crippen molar-refractivity contribution in [2.24, 2.45) is 5.92 Å². The number of nitrogens with zero attached hydrogens (tertiary/aromatic N) is 1. The summed E-state index contributed by atoms with van der Waals surface area (Å²) in [4.78, 5) is 0. The molecular formula is C7H11N2. The van der Waals surface area contributed by atoms with Crippen LogP contribution in [0, 0.1) is 12.0 Å². The molecule has 0 aliphatic heterocycles. The van der Waals surface area contributed by atoms with E-state index in [1.165, 1.54) is 0 Å². The molecule has 2 nitrogen and oxygen atoms in total. The minimum atomic E-state index is 0.671. The first kappa shape index (κ1) is 6.33. The van der Waals surface area contributed by atoms with Gasteiger partial charge in [-0.2, -0.15) is 5.10 Å². The predicted molar refractivity (Wildman–Crippen MR) is 36.0 cm³/mol. The highest BCUT2D eigenvalue weighted by Gasteiger charge is 1.97. The van der Waals surface area contributed by atoms with Crippen LogP contribution in [0.1, 0.15) is 19.5 Å². The molecule has 1 aromatic heterocycles. The molecule has 0 spiro atoms. The number of aromatic nitrogens is 2. The highest BCUT2D eigenvalue weighted by atomic mass is 15.1. The van der Waals surface area contributed by atoms with Gasteiger partial charge in [-0.1, -0.05) is 13.8 Å². The third kappa shape index (κ3) is 1.88. The first-order valence-corrected chi connectivity index (χ1v) is 3.19. The van der Waals surface area contributed by atoms with Crippen LogP contribution in [-0.2, 0) is 6.42 Å². The lowest BCUT2D eigenvalue weighted by Gasteiger charge is -1.97. The number of hydrogen-bond acceptors (Lipinski definition) is 1. The Morgan fingerprint density at radius 2 is 2.56 bits per heavy atom. The van der Waals surface area contributed by atoms with Crippen LogP contribution in [0.3, 0.4) is 0 Å². The van der Waals surface area contributed by atoms with Crippen LogP contribution in [0.4, 0.5) is 0 Å². The SMILES string of the molecule is CC(C)Cc1[c]c[nH]n1. The second-order valence-electron chi connectivity index (χ2n) is 2.57. The second-order valence-corrected chi connectivity index (χ2v) is 2.57. The summed E-state index contributed by atoms with van der Waals surface area (Å²) in [5.41, 5.74) is 1.03. The van der Waals surface area contributed by atoms with E-state index in [-0.39, 0.29) is 0 Å². The summed E-state index contributed by atoms with van der Waals surface area (Å²) in [6, 6.07) is 3.00. The van der Waals surface area contributed by atoms with Crippen molar-refractivity contribution in [1.29, 1.82) is 0 Å². The first-order chi connectivity index (χ1) is 4.29. The maximum Gasteiger partial charge on any atom is 0.0704 e. The van der Waals surface area contributed by atoms with Crippen LogP contribution < -0.4 is 0 Å². The minimum absolute atomic E-state index is 0.671. The van der Waals surface area contributed by atoms with Crippen LogP contribution in [0.15, 0.2) is 6.20 Å². The smallest absolute Gasteiger partial charge is 0.0704 e. The van der Waals surface area contributed by atoms with Gasteiger partial charge in [-0.15, -0.1) is 0 Å². The van der Waals surface area contributed by atoms with Gasteiger partial charge >= 0.3 is 0 Å². The van der Waals surface area contributed by atoms with Gasteiger partial charge in [0.25, 0.3) is 0 Å². The van der Waals surface area contributed by atoms with Crippen molar-refractivity contribution < 1.29 is 0 Å². The quantitative estimate of drug-likeness (QED) is 0.632. The molecular weight excluding hydrogens is 112 g/mol. The van der Waals surface area contributed by atoms with Gasteiger partial charge in [0.1, 0.15) is 0 Å². The zero-order valence-electron chi connectivity index (χ0n) is 5.81. The molecule has 0 aliphatic carbocycles. The first-order valence-electron chi connectivity index (χ1n) is 3.19. The summed E-state index contributed by atoms with van der Waals surface area (Å²) < 4.78 is 0. The van der Waals surface area contributed by atoms with Crippen LogP contribution in [0.5, 0.6) is 0 Å². The summed E-state index contributed by atoms with van der Waals surface area (Å²) in [5, 5.41) is 6.71. The number of rotatable bonds is 2. The van der Waals surface area contributed by atoms with E-state index in [2.05, 4.69) is 30.1 Å². The molecule has 0 atom stereocenters. The molecule has 0 bridgehead atoms. The monoisotopic (exact) mass is 123 g/mol. The Morgan fingerprint density at radius 3 is 3.00 bits per heavy atom. The van der Waals surface area contributed by atoms with Crippen molar-refractivity contribution in [1.82, 2.24) is 10.2 Å². The molecule has 0 saturated carbocycles. The van der Waals surface area contributed by atoms with E-state index >= 15 is 0 Å². The topological polar surface area (TPSA) is 28.7 Å². The lowest BCUT2D eigenvalue weighted by Crippen LogP contribution is -1.93. The number of H-pyrrole nitrogens is 1. The highest BCUT2D eigenvalue weighted by Crippen LogP contribution is 2.01. The highest BCUT2D eigenvalue weighted by molar-refractivity contribution is 4.95. The van der Waals surface area contributed by atoms with Gasteiger partial charge in [-0.25, -0.2) is 0 Å². The van der Waals surface area contributed by atoms with Gasteiger partial charge in [0.15, 0.2) is 0 Å². The van der Waals surface area contributed by atoms with Crippen molar-refractivity contribution >= 4 is 0 Å². The van der Waals surface area contributed by atoms with E-state index in [1.807, 2.05) is 0 Å². The number of nitrogens with one attached hydrogen (secondary N) is 1. The zero-order chi connectivity index (χ0) is 6.69. The van der Waals surface area contributed by atoms with Gasteiger partial charge in [0.05, 0.1) is 5.69 Å². The molecule has 9 heavy (non-hydrogen) atoms. The Hall–Kier alpha value is -0.790. The Morgan fingerprint density at radius 1 is 1.78 bits per heavy atom. The molecule has 49 valence electrons. The normalized spacial score (nSPS) is 10.6. The third-order valence-electron chi connectivity index (χ3n) is 1.10. The molecule has 0 amide bonds. The van der Waals surface area contributed by atoms with Crippen LogP contribution in [-0.4, -0.2) is 10.2 Å². The second kappa shape index (κ2) is 2.67. The molecule has 0 aliphatic rings. The minimum Gasteiger partial charge on any atom is -0.285 e. The molecule has 1 radical (unpaired) electrons. The Labute approximate surface area is 55.3 Å². The van der Waals surface area contributed by atoms with E-state index < -0.39 is 0 Å². The Bertz CT molecular complexity index is 153. The molecule has 0 unspecified atom stereocenters. The van der Waals surface area contributed by atoms with E-state index in [1.54, 1.807) is 6.20 Å². The van der Waals surface area contributed by atoms with E-state index in [4.69, 9.17) is 0 Å². The van der Waals surface area contributed by atoms with Gasteiger partial charge in [-0.3, -0.25) is 5.10 Å². The fourth-order valence-electron chi connectivity index (χ4n) is 0.749. The number of hydrogen-bond donors (Lipinski definition) is 1. The van der Waals surface area contributed by atoms with E-state index in [9.17, 15) is 0 Å². The molecule has 0 saturated heterocycles. The molecule has 1 N–H and O–H groups in total. The van der Waals surface area contributed by atoms with Crippen molar-refractivity contribution in [3.8, 4) is 0 Å². The van der Waals surface area contributed by atoms with Crippen molar-refractivity contribution in [3.63, 3.8) is 0 Å². The fraction of sp³-hybridized carbons (Fsp3) is 0.571. The van der Waals surface area contributed by atoms with Gasteiger partial charge in [-0.05, 0) is 12.3 Å². The van der Waals surface area contributed by atoms with Gasteiger partial charge < -0.3 is 0 Å². The molecule has 0 fully saturated rings. The zero-order valence-corrected chi connectivity index (χ0v) is 5.81.